The van der Waals surface area contributed by atoms with E-state index >= 15 is 0 Å². The van der Waals surface area contributed by atoms with Crippen LogP contribution in [0.3, 0.4) is 0 Å². The van der Waals surface area contributed by atoms with Crippen molar-refractivity contribution < 1.29 is 14.3 Å². The minimum Gasteiger partial charge on any atom is -0.349 e. The first-order chi connectivity index (χ1) is 14.3. The van der Waals surface area contributed by atoms with Crippen molar-refractivity contribution in [2.24, 2.45) is 46.3 Å². The third-order valence-corrected chi connectivity index (χ3v) is 10.8. The highest BCUT2D eigenvalue weighted by molar-refractivity contribution is 5.92. The summed E-state index contributed by atoms with van der Waals surface area (Å²) in [6.07, 6.45) is 14.9. The van der Waals surface area contributed by atoms with Crippen molar-refractivity contribution in [3.63, 3.8) is 0 Å². The Balaban J connectivity index is 1.31. The number of hydrogen-bond donors (Lipinski definition) is 0. The fourth-order valence-corrected chi connectivity index (χ4v) is 9.02. The first-order valence-electron chi connectivity index (χ1n) is 12.5. The van der Waals surface area contributed by atoms with E-state index in [1.54, 1.807) is 0 Å². The van der Waals surface area contributed by atoms with Crippen LogP contribution in [0.15, 0.2) is 23.8 Å². The molecule has 3 heteroatoms. The van der Waals surface area contributed by atoms with Crippen LogP contribution in [0.5, 0.6) is 0 Å². The van der Waals surface area contributed by atoms with Gasteiger partial charge in [0.2, 0.25) is 0 Å². The molecule has 1 spiro atoms. The van der Waals surface area contributed by atoms with Crippen LogP contribution in [-0.2, 0) is 14.3 Å². The fraction of sp³-hybridized carbons (Fsp3) is 0.815. The lowest BCUT2D eigenvalue weighted by Gasteiger charge is -2.56. The second-order valence-electron chi connectivity index (χ2n) is 12.2. The van der Waals surface area contributed by atoms with E-state index in [0.29, 0.717) is 52.8 Å². The molecule has 0 bridgehead atoms. The van der Waals surface area contributed by atoms with Crippen LogP contribution < -0.4 is 0 Å². The lowest BCUT2D eigenvalue weighted by atomic mass is 9.48. The molecule has 10 atom stereocenters. The molecule has 6 aliphatic rings. The molecular weight excluding hydrogens is 372 g/mol. The summed E-state index contributed by atoms with van der Waals surface area (Å²) < 4.78 is 13.3. The van der Waals surface area contributed by atoms with E-state index < -0.39 is 0 Å². The number of carbonyl (C=O) groups is 1. The van der Waals surface area contributed by atoms with Crippen LogP contribution in [0.1, 0.15) is 72.6 Å². The number of hydrogen-bond acceptors (Lipinski definition) is 3. The van der Waals surface area contributed by atoms with Crippen molar-refractivity contribution in [1.29, 1.82) is 0 Å². The van der Waals surface area contributed by atoms with E-state index in [1.807, 2.05) is 6.08 Å². The lowest BCUT2D eigenvalue weighted by Crippen LogP contribution is -2.51. The highest BCUT2D eigenvalue weighted by Gasteiger charge is 2.68. The van der Waals surface area contributed by atoms with Crippen LogP contribution in [0, 0.1) is 46.3 Å². The molecule has 164 valence electrons. The highest BCUT2D eigenvalue weighted by Crippen LogP contribution is 2.70. The Hall–Kier alpha value is -0.930. The number of ether oxygens (including phenoxy) is 2. The van der Waals surface area contributed by atoms with Crippen molar-refractivity contribution in [3.05, 3.63) is 23.8 Å². The Kier molecular flexibility index (Phi) is 4.15. The van der Waals surface area contributed by atoms with Crippen LogP contribution in [-0.4, -0.2) is 24.3 Å². The van der Waals surface area contributed by atoms with Gasteiger partial charge in [0.25, 0.3) is 0 Å². The van der Waals surface area contributed by atoms with E-state index in [1.165, 1.54) is 31.3 Å². The average molecular weight is 411 g/mol. The van der Waals surface area contributed by atoms with Gasteiger partial charge in [-0.2, -0.15) is 0 Å². The van der Waals surface area contributed by atoms with Gasteiger partial charge in [0.1, 0.15) is 0 Å². The topological polar surface area (TPSA) is 35.5 Å². The Morgan fingerprint density at radius 3 is 2.67 bits per heavy atom. The molecule has 0 amide bonds. The van der Waals surface area contributed by atoms with E-state index in [0.717, 1.165) is 25.9 Å². The quantitative estimate of drug-likeness (QED) is 0.514. The average Bonchev–Trinajstić information content (AvgIpc) is 3.16. The first-order valence-corrected chi connectivity index (χ1v) is 12.5. The Morgan fingerprint density at radius 2 is 1.90 bits per heavy atom. The highest BCUT2D eigenvalue weighted by atomic mass is 16.7. The monoisotopic (exact) mass is 410 g/mol. The van der Waals surface area contributed by atoms with Gasteiger partial charge in [-0.1, -0.05) is 39.8 Å². The van der Waals surface area contributed by atoms with Crippen molar-refractivity contribution in [3.8, 4) is 0 Å². The minimum atomic E-state index is -0.319. The van der Waals surface area contributed by atoms with Gasteiger partial charge >= 0.3 is 0 Å². The third-order valence-electron chi connectivity index (χ3n) is 10.8. The van der Waals surface area contributed by atoms with Crippen LogP contribution >= 0.6 is 0 Å². The molecule has 0 aromatic heterocycles. The molecule has 0 aromatic rings. The number of ketones is 1. The number of rotatable bonds is 0. The number of fused-ring (bicyclic) bond motifs is 7. The summed E-state index contributed by atoms with van der Waals surface area (Å²) in [5.41, 5.74) is 1.83. The van der Waals surface area contributed by atoms with Gasteiger partial charge in [-0.3, -0.25) is 4.79 Å². The smallest absolute Gasteiger partial charge is 0.171 e. The molecule has 0 N–H and O–H groups in total. The standard InChI is InChI=1S/C27H38O3/c1-16-7-12-27(29-15-16)17(2)24-23(30-27)14-22-20-6-5-18-13-19(28)8-10-25(18,3)21(20)9-11-26(22,24)4/h5-6,13,16-17,20-24H,7-12,14-15H2,1-4H3/t16-,17+,20-,21+,22+,23+,24+,25+,26+,27-/m1/s1. The molecule has 4 fully saturated rings. The molecule has 30 heavy (non-hydrogen) atoms. The van der Waals surface area contributed by atoms with Gasteiger partial charge < -0.3 is 9.47 Å². The summed E-state index contributed by atoms with van der Waals surface area (Å²) >= 11 is 0. The van der Waals surface area contributed by atoms with Gasteiger partial charge in [-0.15, -0.1) is 0 Å². The van der Waals surface area contributed by atoms with Crippen molar-refractivity contribution >= 4 is 5.78 Å². The normalized spacial score (nSPS) is 56.9. The number of allylic oxidation sites excluding steroid dienone is 4. The molecule has 2 aliphatic heterocycles. The first kappa shape index (κ1) is 19.7. The largest absolute Gasteiger partial charge is 0.349 e. The maximum Gasteiger partial charge on any atom is 0.171 e. The number of carbonyl (C=O) groups excluding carboxylic acids is 1. The molecule has 0 aromatic carbocycles. The fourth-order valence-electron chi connectivity index (χ4n) is 9.02. The zero-order valence-corrected chi connectivity index (χ0v) is 19.2. The molecule has 2 saturated heterocycles. The van der Waals surface area contributed by atoms with Crippen molar-refractivity contribution in [2.75, 3.05) is 6.61 Å². The molecule has 4 aliphatic carbocycles. The van der Waals surface area contributed by atoms with E-state index in [9.17, 15) is 4.79 Å². The van der Waals surface area contributed by atoms with Gasteiger partial charge in [-0.05, 0) is 84.2 Å². The summed E-state index contributed by atoms with van der Waals surface area (Å²) in [4.78, 5) is 12.1. The van der Waals surface area contributed by atoms with Crippen LogP contribution in [0.2, 0.25) is 0 Å². The SMILES string of the molecule is C[C@@H]1CC[C@@]2(OC1)O[C@H]1C[C@H]3[C@@H]4C=CC5=CC(=O)CC[C@]5(C)[C@H]4CC[C@]3(C)[C@H]1[C@@H]2C. The molecule has 2 saturated carbocycles. The summed E-state index contributed by atoms with van der Waals surface area (Å²) in [5, 5.41) is 0. The van der Waals surface area contributed by atoms with E-state index in [-0.39, 0.29) is 11.2 Å². The maximum atomic E-state index is 12.1. The van der Waals surface area contributed by atoms with Crippen LogP contribution in [0.25, 0.3) is 0 Å². The molecule has 6 rings (SSSR count). The van der Waals surface area contributed by atoms with Gasteiger partial charge in [-0.25, -0.2) is 0 Å². The van der Waals surface area contributed by atoms with Crippen molar-refractivity contribution in [1.82, 2.24) is 0 Å². The van der Waals surface area contributed by atoms with E-state index in [2.05, 4.69) is 39.8 Å². The predicted molar refractivity (Wildman–Crippen MR) is 117 cm³/mol. The summed E-state index contributed by atoms with van der Waals surface area (Å²) in [6.45, 7) is 10.6. The molecule has 2 heterocycles. The lowest BCUT2D eigenvalue weighted by molar-refractivity contribution is -0.272. The molecule has 0 radical (unpaired) electrons. The van der Waals surface area contributed by atoms with Crippen molar-refractivity contribution in [2.45, 2.75) is 84.5 Å². The zero-order chi connectivity index (χ0) is 20.9. The second-order valence-corrected chi connectivity index (χ2v) is 12.2. The minimum absolute atomic E-state index is 0.183. The van der Waals surface area contributed by atoms with Gasteiger partial charge in [0.05, 0.1) is 12.7 Å². The summed E-state index contributed by atoms with van der Waals surface area (Å²) in [5.74, 6) is 3.75. The van der Waals surface area contributed by atoms with Gasteiger partial charge in [0.15, 0.2) is 11.6 Å². The summed E-state index contributed by atoms with van der Waals surface area (Å²) in [6, 6.07) is 0. The van der Waals surface area contributed by atoms with Gasteiger partial charge in [0, 0.05) is 18.8 Å². The summed E-state index contributed by atoms with van der Waals surface area (Å²) in [7, 11) is 0. The Labute approximate surface area is 181 Å². The van der Waals surface area contributed by atoms with E-state index in [4.69, 9.17) is 9.47 Å². The molecular formula is C27H38O3. The Morgan fingerprint density at radius 1 is 1.07 bits per heavy atom. The Bertz CT molecular complexity index is 818. The maximum absolute atomic E-state index is 12.1. The van der Waals surface area contributed by atoms with Crippen LogP contribution in [0.4, 0.5) is 0 Å². The molecule has 0 unspecified atom stereocenters. The third kappa shape index (κ3) is 2.43. The molecule has 3 nitrogen and oxygen atoms in total. The zero-order valence-electron chi connectivity index (χ0n) is 19.2. The second kappa shape index (κ2) is 6.32. The predicted octanol–water partition coefficient (Wildman–Crippen LogP) is 5.70.